The summed E-state index contributed by atoms with van der Waals surface area (Å²) >= 11 is 0. The van der Waals surface area contributed by atoms with Gasteiger partial charge < -0.3 is 10.8 Å². The number of rotatable bonds is 4. The van der Waals surface area contributed by atoms with Crippen LogP contribution in [0.1, 0.15) is 16.7 Å². The number of nitrogen functional groups attached to an aromatic ring is 1. The monoisotopic (exact) mass is 272 g/mol. The van der Waals surface area contributed by atoms with Crippen LogP contribution in [0.4, 0.5) is 5.69 Å². The summed E-state index contributed by atoms with van der Waals surface area (Å²) in [5.41, 5.74) is 10.8. The summed E-state index contributed by atoms with van der Waals surface area (Å²) in [5, 5.41) is 13.1. The van der Waals surface area contributed by atoms with E-state index < -0.39 is 0 Å². The molecule has 0 amide bonds. The lowest BCUT2D eigenvalue weighted by Crippen LogP contribution is -2.30. The first-order valence-electron chi connectivity index (χ1n) is 6.97. The van der Waals surface area contributed by atoms with Crippen LogP contribution in [0.3, 0.4) is 0 Å². The molecule has 2 aromatic rings. The average Bonchev–Trinajstić information content (AvgIpc) is 2.88. The predicted octanol–water partition coefficient (Wildman–Crippen LogP) is 1.02. The molecule has 0 bridgehead atoms. The van der Waals surface area contributed by atoms with E-state index in [2.05, 4.69) is 16.1 Å². The van der Waals surface area contributed by atoms with Crippen LogP contribution in [-0.2, 0) is 26.1 Å². The van der Waals surface area contributed by atoms with Crippen molar-refractivity contribution >= 4 is 5.69 Å². The summed E-state index contributed by atoms with van der Waals surface area (Å²) in [5.74, 6) is 0. The van der Waals surface area contributed by atoms with E-state index in [4.69, 9.17) is 10.8 Å². The molecule has 3 N–H and O–H groups in total. The molecule has 0 atom stereocenters. The van der Waals surface area contributed by atoms with Crippen molar-refractivity contribution in [2.24, 2.45) is 0 Å². The molecule has 1 aromatic heterocycles. The van der Waals surface area contributed by atoms with Crippen molar-refractivity contribution < 1.29 is 5.11 Å². The van der Waals surface area contributed by atoms with E-state index in [-0.39, 0.29) is 6.61 Å². The summed E-state index contributed by atoms with van der Waals surface area (Å²) < 4.78 is 1.78. The number of hydrogen-bond donors (Lipinski definition) is 2. The molecule has 0 saturated heterocycles. The number of nitrogens with two attached hydrogens (primary N) is 1. The number of hydrogen-bond acceptors (Lipinski definition) is 4. The molecular weight excluding hydrogens is 252 g/mol. The number of anilines is 1. The van der Waals surface area contributed by atoms with Gasteiger partial charge in [-0.25, -0.2) is 0 Å². The zero-order valence-corrected chi connectivity index (χ0v) is 11.5. The Labute approximate surface area is 118 Å². The van der Waals surface area contributed by atoms with Gasteiger partial charge in [0.2, 0.25) is 0 Å². The molecule has 0 aliphatic carbocycles. The standard InChI is InChI=1S/C15H20N4O/c16-15-3-1-2-13-4-5-18(11-14(13)15)9-12-8-17-19(10-12)6-7-20/h1-3,8,10,20H,4-7,9,11,16H2. The summed E-state index contributed by atoms with van der Waals surface area (Å²) in [6.45, 7) is 3.48. The van der Waals surface area contributed by atoms with E-state index in [1.807, 2.05) is 24.5 Å². The van der Waals surface area contributed by atoms with Gasteiger partial charge in [0.25, 0.3) is 0 Å². The molecule has 3 rings (SSSR count). The molecule has 1 aliphatic heterocycles. The van der Waals surface area contributed by atoms with Gasteiger partial charge in [-0.2, -0.15) is 5.10 Å². The fourth-order valence-corrected chi connectivity index (χ4v) is 2.77. The molecule has 5 nitrogen and oxygen atoms in total. The first-order valence-corrected chi connectivity index (χ1v) is 6.97. The summed E-state index contributed by atoms with van der Waals surface area (Å²) in [4.78, 5) is 2.39. The normalized spacial score (nSPS) is 15.2. The second kappa shape index (κ2) is 5.64. The lowest BCUT2D eigenvalue weighted by Gasteiger charge is -2.29. The van der Waals surface area contributed by atoms with Gasteiger partial charge in [-0.05, 0) is 23.6 Å². The molecule has 106 valence electrons. The van der Waals surface area contributed by atoms with Gasteiger partial charge in [0.1, 0.15) is 0 Å². The van der Waals surface area contributed by atoms with Crippen LogP contribution in [0.2, 0.25) is 0 Å². The van der Waals surface area contributed by atoms with Crippen molar-refractivity contribution in [3.8, 4) is 0 Å². The Morgan fingerprint density at radius 3 is 3.10 bits per heavy atom. The highest BCUT2D eigenvalue weighted by molar-refractivity contribution is 5.51. The van der Waals surface area contributed by atoms with E-state index in [0.717, 1.165) is 31.7 Å². The van der Waals surface area contributed by atoms with Gasteiger partial charge >= 0.3 is 0 Å². The maximum Gasteiger partial charge on any atom is 0.0640 e. The fourth-order valence-electron chi connectivity index (χ4n) is 2.77. The van der Waals surface area contributed by atoms with E-state index >= 15 is 0 Å². The Morgan fingerprint density at radius 1 is 1.35 bits per heavy atom. The maximum atomic E-state index is 8.91. The highest BCUT2D eigenvalue weighted by atomic mass is 16.3. The van der Waals surface area contributed by atoms with Gasteiger partial charge in [-0.3, -0.25) is 9.58 Å². The van der Waals surface area contributed by atoms with Crippen molar-refractivity contribution in [2.45, 2.75) is 26.1 Å². The third-order valence-electron chi connectivity index (χ3n) is 3.81. The average molecular weight is 272 g/mol. The molecule has 2 heterocycles. The highest BCUT2D eigenvalue weighted by Crippen LogP contribution is 2.25. The lowest BCUT2D eigenvalue weighted by atomic mass is 9.98. The van der Waals surface area contributed by atoms with Crippen molar-refractivity contribution in [1.29, 1.82) is 0 Å². The van der Waals surface area contributed by atoms with Crippen molar-refractivity contribution in [3.05, 3.63) is 47.3 Å². The van der Waals surface area contributed by atoms with Crippen LogP contribution in [-0.4, -0.2) is 32.9 Å². The second-order valence-corrected chi connectivity index (χ2v) is 5.28. The van der Waals surface area contributed by atoms with Gasteiger partial charge in [0, 0.05) is 37.1 Å². The Bertz CT molecular complexity index is 593. The van der Waals surface area contributed by atoms with E-state index in [1.54, 1.807) is 4.68 Å². The topological polar surface area (TPSA) is 67.3 Å². The Hall–Kier alpha value is -1.85. The molecule has 0 fully saturated rings. The molecule has 0 unspecified atom stereocenters. The van der Waals surface area contributed by atoms with Crippen LogP contribution < -0.4 is 5.73 Å². The maximum absolute atomic E-state index is 8.91. The van der Waals surface area contributed by atoms with Crippen LogP contribution in [0, 0.1) is 0 Å². The number of aromatic nitrogens is 2. The van der Waals surface area contributed by atoms with Crippen LogP contribution in [0.25, 0.3) is 0 Å². The van der Waals surface area contributed by atoms with Gasteiger partial charge in [-0.1, -0.05) is 12.1 Å². The van der Waals surface area contributed by atoms with E-state index in [1.165, 1.54) is 16.7 Å². The zero-order chi connectivity index (χ0) is 13.9. The number of aliphatic hydroxyl groups is 1. The number of fused-ring (bicyclic) bond motifs is 1. The number of benzene rings is 1. The number of nitrogens with zero attached hydrogens (tertiary/aromatic N) is 3. The van der Waals surface area contributed by atoms with Crippen LogP contribution in [0.5, 0.6) is 0 Å². The first-order chi connectivity index (χ1) is 9.76. The first kappa shape index (κ1) is 13.1. The largest absolute Gasteiger partial charge is 0.398 e. The molecule has 0 radical (unpaired) electrons. The smallest absolute Gasteiger partial charge is 0.0640 e. The quantitative estimate of drug-likeness (QED) is 0.815. The molecule has 0 saturated carbocycles. The fraction of sp³-hybridized carbons (Fsp3) is 0.400. The molecule has 20 heavy (non-hydrogen) atoms. The highest BCUT2D eigenvalue weighted by Gasteiger charge is 2.18. The minimum atomic E-state index is 0.120. The Balaban J connectivity index is 1.69. The second-order valence-electron chi connectivity index (χ2n) is 5.28. The van der Waals surface area contributed by atoms with Gasteiger partial charge in [0.05, 0.1) is 19.3 Å². The molecule has 0 spiro atoms. The molecule has 5 heteroatoms. The Morgan fingerprint density at radius 2 is 2.25 bits per heavy atom. The minimum Gasteiger partial charge on any atom is -0.398 e. The SMILES string of the molecule is Nc1cccc2c1CN(Cc1cnn(CCO)c1)CC2. The summed E-state index contributed by atoms with van der Waals surface area (Å²) in [6.07, 6.45) is 4.92. The predicted molar refractivity (Wildman–Crippen MR) is 78.0 cm³/mol. The molecule has 1 aromatic carbocycles. The van der Waals surface area contributed by atoms with Crippen molar-refractivity contribution in [2.75, 3.05) is 18.9 Å². The zero-order valence-electron chi connectivity index (χ0n) is 11.5. The van der Waals surface area contributed by atoms with E-state index in [9.17, 15) is 0 Å². The number of aliphatic hydroxyl groups excluding tert-OH is 1. The lowest BCUT2D eigenvalue weighted by molar-refractivity contribution is 0.245. The third-order valence-corrected chi connectivity index (χ3v) is 3.81. The van der Waals surface area contributed by atoms with E-state index in [0.29, 0.717) is 6.54 Å². The molecular formula is C15H20N4O. The van der Waals surface area contributed by atoms with Crippen LogP contribution >= 0.6 is 0 Å². The third kappa shape index (κ3) is 2.69. The summed E-state index contributed by atoms with van der Waals surface area (Å²) in [7, 11) is 0. The Kier molecular flexibility index (Phi) is 3.71. The van der Waals surface area contributed by atoms with Crippen LogP contribution in [0.15, 0.2) is 30.6 Å². The summed E-state index contributed by atoms with van der Waals surface area (Å²) in [6, 6.07) is 6.17. The van der Waals surface area contributed by atoms with Crippen molar-refractivity contribution in [3.63, 3.8) is 0 Å². The van der Waals surface area contributed by atoms with Gasteiger partial charge in [-0.15, -0.1) is 0 Å². The minimum absolute atomic E-state index is 0.120. The van der Waals surface area contributed by atoms with Gasteiger partial charge in [0.15, 0.2) is 0 Å². The van der Waals surface area contributed by atoms with Crippen molar-refractivity contribution in [1.82, 2.24) is 14.7 Å². The molecule has 1 aliphatic rings.